The highest BCUT2D eigenvalue weighted by molar-refractivity contribution is 5.89. The van der Waals surface area contributed by atoms with Crippen molar-refractivity contribution >= 4 is 29.2 Å². The number of aryl methyl sites for hydroxylation is 1. The second-order valence-corrected chi connectivity index (χ2v) is 8.20. The summed E-state index contributed by atoms with van der Waals surface area (Å²) in [6.07, 6.45) is -8.39. The summed E-state index contributed by atoms with van der Waals surface area (Å²) in [6, 6.07) is 7.25. The third-order valence-electron chi connectivity index (χ3n) is 5.48. The number of amides is 2. The maximum Gasteiger partial charge on any atom is 0.416 e. The Labute approximate surface area is 207 Å². The number of nitrogens with one attached hydrogen (secondary N) is 2. The number of halogens is 6. The lowest BCUT2D eigenvalue weighted by atomic mass is 10.1. The topological polar surface area (TPSA) is 86.3 Å². The zero-order valence-electron chi connectivity index (χ0n) is 19.4. The normalized spacial score (nSPS) is 14.5. The van der Waals surface area contributed by atoms with E-state index in [1.807, 2.05) is 11.0 Å². The van der Waals surface area contributed by atoms with Crippen molar-refractivity contribution in [3.8, 4) is 0 Å². The van der Waals surface area contributed by atoms with Crippen molar-refractivity contribution in [2.24, 2.45) is 0 Å². The van der Waals surface area contributed by atoms with Gasteiger partial charge < -0.3 is 20.4 Å². The second-order valence-electron chi connectivity index (χ2n) is 8.20. The highest BCUT2D eigenvalue weighted by Crippen LogP contribution is 2.37. The van der Waals surface area contributed by atoms with Gasteiger partial charge in [0.2, 0.25) is 0 Å². The number of alkyl halides is 6. The molecule has 0 atom stereocenters. The zero-order valence-corrected chi connectivity index (χ0v) is 19.4. The molecule has 196 valence electrons. The molecular weight excluding hydrogens is 504 g/mol. The first kappa shape index (κ1) is 26.0. The van der Waals surface area contributed by atoms with Gasteiger partial charge in [0.1, 0.15) is 23.3 Å². The highest BCUT2D eigenvalue weighted by atomic mass is 19.4. The predicted octanol–water partition coefficient (Wildman–Crippen LogP) is 5.32. The molecule has 2 amide bonds. The van der Waals surface area contributed by atoms with Crippen LogP contribution in [0.5, 0.6) is 0 Å². The lowest BCUT2D eigenvalue weighted by molar-refractivity contribution is -0.143. The van der Waals surface area contributed by atoms with Gasteiger partial charge in [0, 0.05) is 44.1 Å². The smallest absolute Gasteiger partial charge is 0.353 e. The third kappa shape index (κ3) is 6.57. The fourth-order valence-corrected chi connectivity index (χ4v) is 3.71. The van der Waals surface area contributed by atoms with Crippen LogP contribution >= 0.6 is 0 Å². The van der Waals surface area contributed by atoms with E-state index in [-0.39, 0.29) is 19.2 Å². The molecule has 1 saturated heterocycles. The second kappa shape index (κ2) is 10.1. The number of benzene rings is 1. The highest BCUT2D eigenvalue weighted by Gasteiger charge is 2.37. The average Bonchev–Trinajstić information content (AvgIpc) is 2.83. The monoisotopic (exact) mass is 525 g/mol. The van der Waals surface area contributed by atoms with Crippen molar-refractivity contribution in [2.75, 3.05) is 41.7 Å². The number of carbonyl (C=O) groups excluding carboxylic acids is 1. The first-order valence-corrected chi connectivity index (χ1v) is 11.0. The summed E-state index contributed by atoms with van der Waals surface area (Å²) in [5, 5.41) is 5.25. The van der Waals surface area contributed by atoms with Crippen molar-refractivity contribution in [1.82, 2.24) is 19.9 Å². The van der Waals surface area contributed by atoms with Crippen LogP contribution in [-0.2, 0) is 12.4 Å². The van der Waals surface area contributed by atoms with E-state index in [0.29, 0.717) is 48.5 Å². The number of carbonyl (C=O) groups is 1. The third-order valence-corrected chi connectivity index (χ3v) is 5.48. The van der Waals surface area contributed by atoms with Crippen molar-refractivity contribution in [3.05, 3.63) is 65.6 Å². The number of piperazine rings is 1. The molecule has 0 saturated carbocycles. The minimum absolute atomic E-state index is 0.00903. The maximum atomic E-state index is 13.1. The van der Waals surface area contributed by atoms with E-state index in [4.69, 9.17) is 0 Å². The number of pyridine rings is 1. The summed E-state index contributed by atoms with van der Waals surface area (Å²) >= 11 is 0. The van der Waals surface area contributed by atoms with Crippen molar-refractivity contribution in [2.45, 2.75) is 19.3 Å². The van der Waals surface area contributed by atoms with Gasteiger partial charge in [-0.05, 0) is 37.3 Å². The molecule has 2 N–H and O–H groups in total. The molecular formula is C23H21F6N7O. The number of rotatable bonds is 4. The molecule has 1 aromatic carbocycles. The number of aromatic nitrogens is 3. The van der Waals surface area contributed by atoms with E-state index in [9.17, 15) is 31.1 Å². The quantitative estimate of drug-likeness (QED) is 0.449. The van der Waals surface area contributed by atoms with Gasteiger partial charge in [0.05, 0.1) is 11.1 Å². The lowest BCUT2D eigenvalue weighted by Crippen LogP contribution is -2.50. The Morgan fingerprint density at radius 3 is 2.08 bits per heavy atom. The van der Waals surface area contributed by atoms with E-state index in [0.717, 1.165) is 0 Å². The Morgan fingerprint density at radius 2 is 1.51 bits per heavy atom. The van der Waals surface area contributed by atoms with E-state index < -0.39 is 35.2 Å². The molecule has 14 heteroatoms. The van der Waals surface area contributed by atoms with Crippen LogP contribution in [-0.4, -0.2) is 52.1 Å². The van der Waals surface area contributed by atoms with Crippen molar-refractivity contribution in [1.29, 1.82) is 0 Å². The van der Waals surface area contributed by atoms with Crippen LogP contribution < -0.4 is 15.5 Å². The Bertz CT molecular complexity index is 1230. The molecule has 3 aromatic rings. The summed E-state index contributed by atoms with van der Waals surface area (Å²) < 4.78 is 78.6. The molecule has 4 rings (SSSR count). The predicted molar refractivity (Wildman–Crippen MR) is 124 cm³/mol. The molecule has 1 aliphatic heterocycles. The molecule has 0 aliphatic carbocycles. The lowest BCUT2D eigenvalue weighted by Gasteiger charge is -2.35. The van der Waals surface area contributed by atoms with Gasteiger partial charge >= 0.3 is 18.4 Å². The van der Waals surface area contributed by atoms with Crippen LogP contribution in [0.4, 0.5) is 54.3 Å². The van der Waals surface area contributed by atoms with Crippen LogP contribution in [0.25, 0.3) is 0 Å². The minimum Gasteiger partial charge on any atom is -0.353 e. The largest absolute Gasteiger partial charge is 0.416 e. The van der Waals surface area contributed by atoms with Crippen LogP contribution in [0, 0.1) is 6.92 Å². The number of hydrogen-bond donors (Lipinski definition) is 2. The molecule has 0 bridgehead atoms. The van der Waals surface area contributed by atoms with E-state index in [1.165, 1.54) is 4.90 Å². The Hall–Kier alpha value is -4.10. The standard InChI is InChI=1S/C23H21F6N7O/c1-14-31-19(34-18-4-2-3-5-30-18)13-20(32-14)35-6-8-36(9-7-35)21(37)33-17-11-15(22(24,25)26)10-16(12-17)23(27,28)29/h2-5,10-13H,6-9H2,1H3,(H,33,37)(H,30,31,32,34). The molecule has 37 heavy (non-hydrogen) atoms. The summed E-state index contributed by atoms with van der Waals surface area (Å²) in [5.41, 5.74) is -3.60. The summed E-state index contributed by atoms with van der Waals surface area (Å²) in [5.74, 6) is 2.21. The van der Waals surface area contributed by atoms with Gasteiger partial charge in [-0.1, -0.05) is 6.07 Å². The van der Waals surface area contributed by atoms with Crippen LogP contribution in [0.1, 0.15) is 17.0 Å². The van der Waals surface area contributed by atoms with E-state index >= 15 is 0 Å². The molecule has 2 aromatic heterocycles. The number of nitrogens with zero attached hydrogens (tertiary/aromatic N) is 5. The number of hydrogen-bond acceptors (Lipinski definition) is 6. The maximum absolute atomic E-state index is 13.1. The van der Waals surface area contributed by atoms with Gasteiger partial charge in [-0.25, -0.2) is 19.7 Å². The van der Waals surface area contributed by atoms with Crippen LogP contribution in [0.15, 0.2) is 48.7 Å². The molecule has 8 nitrogen and oxygen atoms in total. The molecule has 0 radical (unpaired) electrons. The molecule has 3 heterocycles. The van der Waals surface area contributed by atoms with Crippen LogP contribution in [0.3, 0.4) is 0 Å². The van der Waals surface area contributed by atoms with Crippen molar-refractivity contribution in [3.63, 3.8) is 0 Å². The molecule has 1 aliphatic rings. The first-order chi connectivity index (χ1) is 17.4. The van der Waals surface area contributed by atoms with Gasteiger partial charge in [0.15, 0.2) is 0 Å². The van der Waals surface area contributed by atoms with Gasteiger partial charge in [0.25, 0.3) is 0 Å². The van der Waals surface area contributed by atoms with E-state index in [2.05, 4.69) is 25.6 Å². The zero-order chi connectivity index (χ0) is 26.8. The Morgan fingerprint density at radius 1 is 0.865 bits per heavy atom. The van der Waals surface area contributed by atoms with E-state index in [1.54, 1.807) is 31.3 Å². The Kier molecular flexibility index (Phi) is 7.09. The fraction of sp³-hybridized carbons (Fsp3) is 0.304. The number of anilines is 4. The molecule has 0 unspecified atom stereocenters. The summed E-state index contributed by atoms with van der Waals surface area (Å²) in [7, 11) is 0. The summed E-state index contributed by atoms with van der Waals surface area (Å²) in [6.45, 7) is 2.74. The van der Waals surface area contributed by atoms with Crippen LogP contribution in [0.2, 0.25) is 0 Å². The molecule has 0 spiro atoms. The molecule has 1 fully saturated rings. The Balaban J connectivity index is 1.42. The fourth-order valence-electron chi connectivity index (χ4n) is 3.71. The minimum atomic E-state index is -5.01. The SMILES string of the molecule is Cc1nc(Nc2ccccn2)cc(N2CCN(C(=O)Nc3cc(C(F)(F)F)cc(C(F)(F)F)c3)CC2)n1. The van der Waals surface area contributed by atoms with Crippen molar-refractivity contribution < 1.29 is 31.1 Å². The van der Waals surface area contributed by atoms with Gasteiger partial charge in [-0.2, -0.15) is 26.3 Å². The van der Waals surface area contributed by atoms with Gasteiger partial charge in [-0.3, -0.25) is 0 Å². The number of urea groups is 1. The summed E-state index contributed by atoms with van der Waals surface area (Å²) in [4.78, 5) is 28.8. The van der Waals surface area contributed by atoms with Gasteiger partial charge in [-0.15, -0.1) is 0 Å². The first-order valence-electron chi connectivity index (χ1n) is 11.0. The average molecular weight is 525 g/mol.